The van der Waals surface area contributed by atoms with Gasteiger partial charge in [0.1, 0.15) is 6.61 Å². The minimum atomic E-state index is -0.321. The molecule has 0 bridgehead atoms. The summed E-state index contributed by atoms with van der Waals surface area (Å²) in [6.07, 6.45) is 0.177. The molecule has 0 aliphatic carbocycles. The molecule has 0 atom stereocenters. The maximum atomic E-state index is 12.0. The van der Waals surface area contributed by atoms with Crippen molar-refractivity contribution < 1.29 is 9.47 Å². The SMILES string of the molecule is CN=C(OC)OCc1c(C)cccc1-n1nnn(C)c1=O. The second-order valence-corrected chi connectivity index (χ2v) is 4.35. The lowest BCUT2D eigenvalue weighted by atomic mass is 10.1. The van der Waals surface area contributed by atoms with Crippen LogP contribution in [0.4, 0.5) is 0 Å². The minimum Gasteiger partial charge on any atom is -0.454 e. The first-order valence-electron chi connectivity index (χ1n) is 6.30. The second-order valence-electron chi connectivity index (χ2n) is 4.35. The smallest absolute Gasteiger partial charge is 0.383 e. The highest BCUT2D eigenvalue weighted by atomic mass is 16.7. The maximum Gasteiger partial charge on any atom is 0.383 e. The van der Waals surface area contributed by atoms with Gasteiger partial charge >= 0.3 is 11.8 Å². The highest BCUT2D eigenvalue weighted by molar-refractivity contribution is 5.66. The topological polar surface area (TPSA) is 83.5 Å². The van der Waals surface area contributed by atoms with Crippen molar-refractivity contribution in [3.8, 4) is 5.69 Å². The van der Waals surface area contributed by atoms with E-state index in [4.69, 9.17) is 9.47 Å². The van der Waals surface area contributed by atoms with Crippen molar-refractivity contribution in [3.05, 3.63) is 39.8 Å². The molecule has 8 nitrogen and oxygen atoms in total. The molecule has 0 saturated heterocycles. The first-order chi connectivity index (χ1) is 10.1. The van der Waals surface area contributed by atoms with Crippen LogP contribution in [0.5, 0.6) is 0 Å². The zero-order chi connectivity index (χ0) is 15.4. The Kier molecular flexibility index (Phi) is 4.36. The number of aromatic nitrogens is 4. The number of methoxy groups -OCH3 is 1. The standard InChI is InChI=1S/C13H17N5O3/c1-9-6-5-7-11(18-13(19)17(3)15-16-18)10(9)8-21-12(14-2)20-4/h5-7H,8H2,1-4H3. The fourth-order valence-electron chi connectivity index (χ4n) is 1.89. The summed E-state index contributed by atoms with van der Waals surface area (Å²) in [7, 11) is 4.60. The predicted octanol–water partition coefficient (Wildman–Crippen LogP) is 0.423. The molecular formula is C13H17N5O3. The van der Waals surface area contributed by atoms with Crippen molar-refractivity contribution in [2.75, 3.05) is 14.2 Å². The van der Waals surface area contributed by atoms with Crippen molar-refractivity contribution >= 4 is 6.08 Å². The van der Waals surface area contributed by atoms with Gasteiger partial charge in [-0.25, -0.2) is 9.79 Å². The fraction of sp³-hybridized carbons (Fsp3) is 0.385. The summed E-state index contributed by atoms with van der Waals surface area (Å²) in [5.41, 5.74) is 2.09. The number of nitrogens with zero attached hydrogens (tertiary/aromatic N) is 5. The lowest BCUT2D eigenvalue weighted by Gasteiger charge is -2.12. The number of hydrogen-bond acceptors (Lipinski definition) is 6. The van der Waals surface area contributed by atoms with Crippen LogP contribution in [0.15, 0.2) is 28.0 Å². The van der Waals surface area contributed by atoms with E-state index in [1.165, 1.54) is 16.5 Å². The number of ether oxygens (including phenoxy) is 2. The van der Waals surface area contributed by atoms with Gasteiger partial charge in [0.2, 0.25) is 0 Å². The summed E-state index contributed by atoms with van der Waals surface area (Å²) in [5, 5.41) is 7.57. The highest BCUT2D eigenvalue weighted by Crippen LogP contribution is 2.18. The lowest BCUT2D eigenvalue weighted by molar-refractivity contribution is 0.186. The molecule has 0 amide bonds. The Morgan fingerprint density at radius 3 is 2.71 bits per heavy atom. The number of aliphatic imine (C=N–C) groups is 1. The maximum absolute atomic E-state index is 12.0. The van der Waals surface area contributed by atoms with E-state index in [0.29, 0.717) is 5.69 Å². The van der Waals surface area contributed by atoms with Crippen molar-refractivity contribution in [1.82, 2.24) is 19.8 Å². The number of aryl methyl sites for hydroxylation is 2. The quantitative estimate of drug-likeness (QED) is 0.604. The van der Waals surface area contributed by atoms with Crippen LogP contribution in [0.3, 0.4) is 0 Å². The van der Waals surface area contributed by atoms with Gasteiger partial charge in [-0.3, -0.25) is 0 Å². The van der Waals surface area contributed by atoms with Crippen molar-refractivity contribution in [1.29, 1.82) is 0 Å². The summed E-state index contributed by atoms with van der Waals surface area (Å²) in [6.45, 7) is 2.14. The average Bonchev–Trinajstić information content (AvgIpc) is 2.81. The zero-order valence-electron chi connectivity index (χ0n) is 12.4. The molecule has 112 valence electrons. The molecule has 0 saturated carbocycles. The van der Waals surface area contributed by atoms with Crippen LogP contribution in [0.1, 0.15) is 11.1 Å². The van der Waals surface area contributed by atoms with Gasteiger partial charge in [0.15, 0.2) is 0 Å². The van der Waals surface area contributed by atoms with E-state index in [9.17, 15) is 4.79 Å². The van der Waals surface area contributed by atoms with Crippen molar-refractivity contribution in [2.24, 2.45) is 12.0 Å². The van der Waals surface area contributed by atoms with E-state index in [0.717, 1.165) is 11.1 Å². The molecule has 0 aliphatic rings. The van der Waals surface area contributed by atoms with E-state index < -0.39 is 0 Å². The third-order valence-electron chi connectivity index (χ3n) is 3.03. The normalized spacial score (nSPS) is 11.5. The van der Waals surface area contributed by atoms with Gasteiger partial charge in [-0.15, -0.1) is 0 Å². The molecular weight excluding hydrogens is 274 g/mol. The van der Waals surface area contributed by atoms with Crippen molar-refractivity contribution in [2.45, 2.75) is 13.5 Å². The molecule has 21 heavy (non-hydrogen) atoms. The largest absolute Gasteiger partial charge is 0.454 e. The van der Waals surface area contributed by atoms with Crippen LogP contribution in [0, 0.1) is 6.92 Å². The second kappa shape index (κ2) is 6.21. The first-order valence-corrected chi connectivity index (χ1v) is 6.30. The summed E-state index contributed by atoms with van der Waals surface area (Å²) >= 11 is 0. The Bertz CT molecular complexity index is 717. The van der Waals surface area contributed by atoms with Crippen molar-refractivity contribution in [3.63, 3.8) is 0 Å². The van der Waals surface area contributed by atoms with Gasteiger partial charge in [0.05, 0.1) is 12.8 Å². The van der Waals surface area contributed by atoms with E-state index in [-0.39, 0.29) is 18.4 Å². The highest BCUT2D eigenvalue weighted by Gasteiger charge is 2.14. The monoisotopic (exact) mass is 291 g/mol. The molecule has 0 unspecified atom stereocenters. The van der Waals surface area contributed by atoms with Crippen LogP contribution in [0.25, 0.3) is 5.69 Å². The minimum absolute atomic E-state index is 0.177. The van der Waals surface area contributed by atoms with E-state index >= 15 is 0 Å². The van der Waals surface area contributed by atoms with E-state index in [1.807, 2.05) is 19.1 Å². The van der Waals surface area contributed by atoms with Gasteiger partial charge in [0, 0.05) is 19.7 Å². The Morgan fingerprint density at radius 2 is 2.14 bits per heavy atom. The molecule has 2 rings (SSSR count). The molecule has 1 heterocycles. The summed E-state index contributed by atoms with van der Waals surface area (Å²) in [6, 6.07) is 5.57. The number of tetrazole rings is 1. The molecule has 0 spiro atoms. The molecule has 1 aromatic carbocycles. The summed E-state index contributed by atoms with van der Waals surface area (Å²) < 4.78 is 12.8. The number of rotatable bonds is 3. The number of hydrogen-bond donors (Lipinski definition) is 0. The van der Waals surface area contributed by atoms with Gasteiger partial charge in [-0.1, -0.05) is 12.1 Å². The van der Waals surface area contributed by atoms with E-state index in [2.05, 4.69) is 15.4 Å². The third-order valence-corrected chi connectivity index (χ3v) is 3.03. The third kappa shape index (κ3) is 2.93. The average molecular weight is 291 g/mol. The molecule has 1 aromatic heterocycles. The molecule has 0 N–H and O–H groups in total. The Morgan fingerprint density at radius 1 is 1.38 bits per heavy atom. The Labute approximate surface area is 121 Å². The van der Waals surface area contributed by atoms with Gasteiger partial charge in [-0.2, -0.15) is 9.36 Å². The zero-order valence-corrected chi connectivity index (χ0v) is 12.4. The van der Waals surface area contributed by atoms with Crippen LogP contribution in [-0.2, 0) is 23.1 Å². The summed E-state index contributed by atoms with van der Waals surface area (Å²) in [5.74, 6) is 0. The number of benzene rings is 1. The molecule has 2 aromatic rings. The van der Waals surface area contributed by atoms with Crippen LogP contribution >= 0.6 is 0 Å². The van der Waals surface area contributed by atoms with E-state index in [1.54, 1.807) is 20.2 Å². The summed E-state index contributed by atoms with van der Waals surface area (Å²) in [4.78, 5) is 15.8. The van der Waals surface area contributed by atoms with Gasteiger partial charge in [0.25, 0.3) is 0 Å². The molecule has 0 aliphatic heterocycles. The Balaban J connectivity index is 2.42. The van der Waals surface area contributed by atoms with Crippen LogP contribution < -0.4 is 5.69 Å². The van der Waals surface area contributed by atoms with Crippen LogP contribution in [0.2, 0.25) is 0 Å². The molecule has 0 radical (unpaired) electrons. The lowest BCUT2D eigenvalue weighted by Crippen LogP contribution is -2.23. The van der Waals surface area contributed by atoms with Crippen LogP contribution in [-0.4, -0.2) is 40.0 Å². The predicted molar refractivity (Wildman–Crippen MR) is 76.5 cm³/mol. The van der Waals surface area contributed by atoms with Gasteiger partial charge < -0.3 is 9.47 Å². The fourth-order valence-corrected chi connectivity index (χ4v) is 1.89. The van der Waals surface area contributed by atoms with Gasteiger partial charge in [-0.05, 0) is 29.0 Å². The molecule has 0 fully saturated rings. The molecule has 8 heteroatoms. The Hall–Kier alpha value is -2.64. The first kappa shape index (κ1) is 14.8.